The van der Waals surface area contributed by atoms with Crippen LogP contribution in [0, 0.1) is 0 Å². The summed E-state index contributed by atoms with van der Waals surface area (Å²) in [5.74, 6) is -0.0388. The molecule has 0 fully saturated rings. The van der Waals surface area contributed by atoms with Crippen LogP contribution < -0.4 is 5.32 Å². The van der Waals surface area contributed by atoms with Gasteiger partial charge in [0.2, 0.25) is 0 Å². The van der Waals surface area contributed by atoms with Crippen LogP contribution in [0.3, 0.4) is 0 Å². The van der Waals surface area contributed by atoms with Gasteiger partial charge in [-0.15, -0.1) is 0 Å². The zero-order chi connectivity index (χ0) is 13.0. The van der Waals surface area contributed by atoms with Crippen molar-refractivity contribution in [3.63, 3.8) is 0 Å². The number of nitrogens with one attached hydrogen (secondary N) is 1. The Morgan fingerprint density at radius 3 is 2.83 bits per heavy atom. The molecule has 6 heteroatoms. The van der Waals surface area contributed by atoms with E-state index in [-0.39, 0.29) is 5.69 Å². The second kappa shape index (κ2) is 5.59. The monoisotopic (exact) mass is 307 g/mol. The van der Waals surface area contributed by atoms with Crippen LogP contribution in [0.5, 0.6) is 0 Å². The fourth-order valence-electron chi connectivity index (χ4n) is 1.33. The summed E-state index contributed by atoms with van der Waals surface area (Å²) in [6.07, 6.45) is 2.89. The molecule has 0 aliphatic carbocycles. The summed E-state index contributed by atoms with van der Waals surface area (Å²) in [5.41, 5.74) is 1.00. The summed E-state index contributed by atoms with van der Waals surface area (Å²) >= 11 is 3.41. The lowest BCUT2D eigenvalue weighted by atomic mass is 10.3. The Bertz CT molecular complexity index is 575. The molecule has 0 atom stereocenters. The van der Waals surface area contributed by atoms with E-state index in [1.165, 1.54) is 19.5 Å². The van der Waals surface area contributed by atoms with E-state index in [9.17, 15) is 4.79 Å². The Morgan fingerprint density at radius 1 is 1.33 bits per heavy atom. The van der Waals surface area contributed by atoms with Gasteiger partial charge in [0.15, 0.2) is 5.69 Å². The number of aromatic nitrogens is 2. The number of ether oxygens (including phenoxy) is 1. The van der Waals surface area contributed by atoms with Crippen molar-refractivity contribution in [1.29, 1.82) is 0 Å². The minimum atomic E-state index is -0.515. The number of rotatable bonds is 3. The van der Waals surface area contributed by atoms with Crippen molar-refractivity contribution in [2.24, 2.45) is 0 Å². The maximum atomic E-state index is 11.3. The average Bonchev–Trinajstić information content (AvgIpc) is 2.41. The standard InChI is InChI=1S/C12H10BrN3O2/c1-18-12(17)10-6-14-7-11(16-10)15-9-5-3-2-4-8(9)13/h2-7H,1H3,(H,15,16). The van der Waals surface area contributed by atoms with Crippen molar-refractivity contribution >= 4 is 33.4 Å². The molecule has 1 aromatic heterocycles. The van der Waals surface area contributed by atoms with Crippen LogP contribution in [0.15, 0.2) is 41.1 Å². The van der Waals surface area contributed by atoms with E-state index >= 15 is 0 Å². The van der Waals surface area contributed by atoms with Gasteiger partial charge in [0.05, 0.1) is 25.2 Å². The van der Waals surface area contributed by atoms with E-state index in [1.807, 2.05) is 24.3 Å². The Morgan fingerprint density at radius 2 is 2.11 bits per heavy atom. The van der Waals surface area contributed by atoms with Crippen LogP contribution in [-0.4, -0.2) is 23.0 Å². The molecule has 0 aliphatic heterocycles. The number of carbonyl (C=O) groups is 1. The van der Waals surface area contributed by atoms with Crippen LogP contribution in [0.2, 0.25) is 0 Å². The van der Waals surface area contributed by atoms with Gasteiger partial charge in [-0.05, 0) is 28.1 Å². The molecule has 0 radical (unpaired) electrons. The number of methoxy groups -OCH3 is 1. The zero-order valence-corrected chi connectivity index (χ0v) is 11.1. The lowest BCUT2D eigenvalue weighted by molar-refractivity contribution is 0.0593. The number of carbonyl (C=O) groups excluding carboxylic acids is 1. The molecule has 0 amide bonds. The maximum Gasteiger partial charge on any atom is 0.358 e. The second-order valence-electron chi connectivity index (χ2n) is 3.39. The molecule has 18 heavy (non-hydrogen) atoms. The van der Waals surface area contributed by atoms with Gasteiger partial charge in [-0.1, -0.05) is 12.1 Å². The van der Waals surface area contributed by atoms with Gasteiger partial charge < -0.3 is 10.1 Å². The van der Waals surface area contributed by atoms with Crippen molar-refractivity contribution < 1.29 is 9.53 Å². The lowest BCUT2D eigenvalue weighted by Crippen LogP contribution is -2.06. The molecule has 0 unspecified atom stereocenters. The first-order valence-corrected chi connectivity index (χ1v) is 5.92. The number of benzene rings is 1. The van der Waals surface area contributed by atoms with E-state index in [0.717, 1.165) is 10.2 Å². The number of hydrogen-bond donors (Lipinski definition) is 1. The summed E-state index contributed by atoms with van der Waals surface area (Å²) < 4.78 is 5.49. The number of halogens is 1. The van der Waals surface area contributed by atoms with Gasteiger partial charge in [0, 0.05) is 4.47 Å². The van der Waals surface area contributed by atoms with E-state index < -0.39 is 5.97 Å². The number of esters is 1. The highest BCUT2D eigenvalue weighted by molar-refractivity contribution is 9.10. The van der Waals surface area contributed by atoms with Crippen LogP contribution in [0.4, 0.5) is 11.5 Å². The third-order valence-electron chi connectivity index (χ3n) is 2.17. The highest BCUT2D eigenvalue weighted by Crippen LogP contribution is 2.24. The van der Waals surface area contributed by atoms with Crippen molar-refractivity contribution in [2.45, 2.75) is 0 Å². The van der Waals surface area contributed by atoms with Gasteiger partial charge in [-0.2, -0.15) is 0 Å². The zero-order valence-electron chi connectivity index (χ0n) is 9.55. The summed E-state index contributed by atoms with van der Waals surface area (Å²) in [5, 5.41) is 3.06. The molecule has 0 aliphatic rings. The van der Waals surface area contributed by atoms with E-state index in [4.69, 9.17) is 0 Å². The van der Waals surface area contributed by atoms with Crippen LogP contribution in [0.25, 0.3) is 0 Å². The number of nitrogens with zero attached hydrogens (tertiary/aromatic N) is 2. The molecule has 2 rings (SSSR count). The highest BCUT2D eigenvalue weighted by Gasteiger charge is 2.09. The third kappa shape index (κ3) is 2.84. The smallest absolute Gasteiger partial charge is 0.358 e. The van der Waals surface area contributed by atoms with Crippen LogP contribution in [-0.2, 0) is 4.74 Å². The minimum Gasteiger partial charge on any atom is -0.464 e. The summed E-state index contributed by atoms with van der Waals surface area (Å²) in [7, 11) is 1.30. The predicted octanol–water partition coefficient (Wildman–Crippen LogP) is 2.77. The largest absolute Gasteiger partial charge is 0.464 e. The first kappa shape index (κ1) is 12.5. The maximum absolute atomic E-state index is 11.3. The molecule has 1 aromatic carbocycles. The molecule has 0 spiro atoms. The first-order valence-electron chi connectivity index (χ1n) is 5.12. The molecule has 1 N–H and O–H groups in total. The number of para-hydroxylation sites is 1. The van der Waals surface area contributed by atoms with Crippen molar-refractivity contribution in [1.82, 2.24) is 9.97 Å². The topological polar surface area (TPSA) is 64.1 Å². The Balaban J connectivity index is 2.25. The van der Waals surface area contributed by atoms with E-state index in [0.29, 0.717) is 5.82 Å². The van der Waals surface area contributed by atoms with Crippen molar-refractivity contribution in [3.05, 3.63) is 46.8 Å². The molecular formula is C12H10BrN3O2. The van der Waals surface area contributed by atoms with Crippen LogP contribution >= 0.6 is 15.9 Å². The first-order chi connectivity index (χ1) is 8.70. The van der Waals surface area contributed by atoms with Crippen LogP contribution in [0.1, 0.15) is 10.5 Å². The number of anilines is 2. The Labute approximate surface area is 112 Å². The molecule has 92 valence electrons. The summed E-state index contributed by atoms with van der Waals surface area (Å²) in [6.45, 7) is 0. The summed E-state index contributed by atoms with van der Waals surface area (Å²) in [6, 6.07) is 7.59. The van der Waals surface area contributed by atoms with Gasteiger partial charge in [-0.25, -0.2) is 9.78 Å². The normalized spacial score (nSPS) is 9.89. The van der Waals surface area contributed by atoms with Gasteiger partial charge in [0.1, 0.15) is 5.82 Å². The highest BCUT2D eigenvalue weighted by atomic mass is 79.9. The minimum absolute atomic E-state index is 0.162. The molecule has 0 saturated carbocycles. The fourth-order valence-corrected chi connectivity index (χ4v) is 1.71. The van der Waals surface area contributed by atoms with Crippen molar-refractivity contribution in [3.8, 4) is 0 Å². The molecule has 2 aromatic rings. The van der Waals surface area contributed by atoms with Crippen molar-refractivity contribution in [2.75, 3.05) is 12.4 Å². The molecule has 1 heterocycles. The summed E-state index contributed by atoms with van der Waals surface area (Å²) in [4.78, 5) is 19.4. The lowest BCUT2D eigenvalue weighted by Gasteiger charge is -2.07. The Hall–Kier alpha value is -1.95. The second-order valence-corrected chi connectivity index (χ2v) is 4.24. The van der Waals surface area contributed by atoms with Gasteiger partial charge >= 0.3 is 5.97 Å². The molecule has 5 nitrogen and oxygen atoms in total. The number of hydrogen-bond acceptors (Lipinski definition) is 5. The quantitative estimate of drug-likeness (QED) is 0.883. The fraction of sp³-hybridized carbons (Fsp3) is 0.0833. The van der Waals surface area contributed by atoms with E-state index in [2.05, 4.69) is 36.0 Å². The Kier molecular flexibility index (Phi) is 3.88. The molecule has 0 saturated heterocycles. The molecular weight excluding hydrogens is 298 g/mol. The SMILES string of the molecule is COC(=O)c1cncc(Nc2ccccc2Br)n1. The van der Waals surface area contributed by atoms with E-state index in [1.54, 1.807) is 0 Å². The predicted molar refractivity (Wildman–Crippen MR) is 70.8 cm³/mol. The van der Waals surface area contributed by atoms with Gasteiger partial charge in [0.25, 0.3) is 0 Å². The third-order valence-corrected chi connectivity index (χ3v) is 2.86. The average molecular weight is 308 g/mol. The van der Waals surface area contributed by atoms with Gasteiger partial charge in [-0.3, -0.25) is 4.98 Å². The molecule has 0 bridgehead atoms.